The third-order valence-electron chi connectivity index (χ3n) is 9.96. The monoisotopic (exact) mass is 729 g/mol. The van der Waals surface area contributed by atoms with E-state index in [1.165, 1.54) is 0 Å². The van der Waals surface area contributed by atoms with Gasteiger partial charge in [-0.25, -0.2) is 9.97 Å². The van der Waals surface area contributed by atoms with Crippen LogP contribution in [0, 0.1) is 0 Å². The molecule has 0 aliphatic carbocycles. The number of anilines is 1. The Balaban J connectivity index is 1.35. The van der Waals surface area contributed by atoms with Gasteiger partial charge in [0.25, 0.3) is 0 Å². The summed E-state index contributed by atoms with van der Waals surface area (Å²) in [6, 6.07) is 46.9. The number of H-pyrrole nitrogens is 2. The van der Waals surface area contributed by atoms with Crippen molar-refractivity contribution in [1.29, 1.82) is 0 Å². The molecule has 0 unspecified atom stereocenters. The van der Waals surface area contributed by atoms with Gasteiger partial charge in [0.1, 0.15) is 0 Å². The molecule has 0 saturated heterocycles. The van der Waals surface area contributed by atoms with Gasteiger partial charge in [-0.1, -0.05) is 103 Å². The fraction of sp³-hybridized carbons (Fsp3) is 0.0417. The van der Waals surface area contributed by atoms with Crippen molar-refractivity contribution in [3.63, 3.8) is 0 Å². The predicted molar refractivity (Wildman–Crippen MR) is 226 cm³/mol. The summed E-state index contributed by atoms with van der Waals surface area (Å²) >= 11 is 0. The third-order valence-corrected chi connectivity index (χ3v) is 9.96. The average Bonchev–Trinajstić information content (AvgIpc) is 4.07. The number of aromatic amines is 2. The Labute approximate surface area is 322 Å². The minimum Gasteiger partial charge on any atom is -0.481 e. The molecular weight excluding hydrogens is 695 g/mol. The third kappa shape index (κ3) is 6.71. The fourth-order valence-electron chi connectivity index (χ4n) is 7.40. The van der Waals surface area contributed by atoms with Gasteiger partial charge >= 0.3 is 5.97 Å². The molecule has 0 fully saturated rings. The van der Waals surface area contributed by atoms with Crippen LogP contribution in [-0.4, -0.2) is 36.9 Å². The maximum absolute atomic E-state index is 12.4. The number of carboxylic acid groups (broad SMARTS) is 1. The summed E-state index contributed by atoms with van der Waals surface area (Å²) in [4.78, 5) is 41.7. The normalized spacial score (nSPS) is 11.8. The zero-order valence-electron chi connectivity index (χ0n) is 30.2. The lowest BCUT2D eigenvalue weighted by molar-refractivity contribution is -0.138. The topological polar surface area (TPSA) is 124 Å². The number of carbonyl (C=O) groups is 2. The highest BCUT2D eigenvalue weighted by Crippen LogP contribution is 2.38. The first kappa shape index (κ1) is 34.2. The molecule has 3 aromatic heterocycles. The molecule has 5 heterocycles. The van der Waals surface area contributed by atoms with Crippen LogP contribution in [0.2, 0.25) is 0 Å². The number of fused-ring (bicyclic) bond motifs is 8. The molecule has 1 amide bonds. The summed E-state index contributed by atoms with van der Waals surface area (Å²) in [5, 5.41) is 11.8. The molecule has 9 rings (SSSR count). The summed E-state index contributed by atoms with van der Waals surface area (Å²) in [6.07, 6.45) is 7.95. The van der Waals surface area contributed by atoms with Gasteiger partial charge in [-0.3, -0.25) is 9.59 Å². The van der Waals surface area contributed by atoms with Crippen LogP contribution in [0.3, 0.4) is 0 Å². The number of aliphatic carboxylic acids is 1. The van der Waals surface area contributed by atoms with Crippen LogP contribution < -0.4 is 5.32 Å². The van der Waals surface area contributed by atoms with Crippen LogP contribution in [-0.2, 0) is 9.59 Å². The van der Waals surface area contributed by atoms with Gasteiger partial charge in [-0.2, -0.15) is 0 Å². The first-order valence-electron chi connectivity index (χ1n) is 18.4. The van der Waals surface area contributed by atoms with E-state index in [1.54, 1.807) is 0 Å². The molecule has 8 heteroatoms. The second kappa shape index (κ2) is 14.7. The van der Waals surface area contributed by atoms with Gasteiger partial charge < -0.3 is 20.4 Å². The zero-order valence-corrected chi connectivity index (χ0v) is 30.2. The molecule has 0 atom stereocenters. The highest BCUT2D eigenvalue weighted by Gasteiger charge is 2.19. The maximum atomic E-state index is 12.4. The minimum absolute atomic E-state index is 0.103. The lowest BCUT2D eigenvalue weighted by Crippen LogP contribution is -2.13. The van der Waals surface area contributed by atoms with E-state index in [4.69, 9.17) is 15.1 Å². The Hall–Kier alpha value is -7.58. The Bertz CT molecular complexity index is 2820. The molecule has 56 heavy (non-hydrogen) atoms. The fourth-order valence-corrected chi connectivity index (χ4v) is 7.40. The summed E-state index contributed by atoms with van der Waals surface area (Å²) in [7, 11) is 0. The lowest BCUT2D eigenvalue weighted by atomic mass is 10.0. The Morgan fingerprint density at radius 1 is 0.446 bits per heavy atom. The zero-order chi connectivity index (χ0) is 38.0. The number of rotatable bonds is 8. The molecule has 2 aliphatic heterocycles. The molecule has 7 aromatic rings. The van der Waals surface area contributed by atoms with Gasteiger partial charge in [-0.15, -0.1) is 0 Å². The molecule has 8 bridgehead atoms. The number of benzene rings is 4. The number of nitrogens with one attached hydrogen (secondary N) is 3. The van der Waals surface area contributed by atoms with Crippen molar-refractivity contribution in [2.75, 3.05) is 5.32 Å². The van der Waals surface area contributed by atoms with Crippen molar-refractivity contribution in [1.82, 2.24) is 19.9 Å². The average molecular weight is 730 g/mol. The lowest BCUT2D eigenvalue weighted by Gasteiger charge is -2.08. The van der Waals surface area contributed by atoms with Crippen molar-refractivity contribution in [2.24, 2.45) is 0 Å². The first-order chi connectivity index (χ1) is 27.5. The summed E-state index contributed by atoms with van der Waals surface area (Å²) in [6.45, 7) is 0. The van der Waals surface area contributed by atoms with E-state index in [0.717, 1.165) is 89.4 Å². The van der Waals surface area contributed by atoms with E-state index in [-0.39, 0.29) is 18.7 Å². The number of aromatic nitrogens is 4. The number of hydrogen-bond donors (Lipinski definition) is 4. The smallest absolute Gasteiger partial charge is 0.303 e. The Kier molecular flexibility index (Phi) is 8.97. The van der Waals surface area contributed by atoms with Gasteiger partial charge in [0.2, 0.25) is 5.91 Å². The van der Waals surface area contributed by atoms with E-state index < -0.39 is 5.97 Å². The molecule has 8 nitrogen and oxygen atoms in total. The Morgan fingerprint density at radius 3 is 1.12 bits per heavy atom. The SMILES string of the molecule is O=C(O)CCC(=O)Nc1ccc(-c2c3nc(c(-c4ccccc4)c4ccc([nH]4)c(-c4ccccc4)c4nc(c(-c5ccccc5)c5ccc2[nH]5)C=C4)C=C3)cc1. The van der Waals surface area contributed by atoms with E-state index in [2.05, 4.69) is 94.2 Å². The van der Waals surface area contributed by atoms with Crippen molar-refractivity contribution in [2.45, 2.75) is 12.8 Å². The van der Waals surface area contributed by atoms with Crippen LogP contribution >= 0.6 is 0 Å². The van der Waals surface area contributed by atoms with Crippen LogP contribution in [0.25, 0.3) is 90.9 Å². The summed E-state index contributed by atoms with van der Waals surface area (Å²) in [5.41, 5.74) is 15.2. The second-order valence-corrected chi connectivity index (χ2v) is 13.6. The van der Waals surface area contributed by atoms with E-state index in [9.17, 15) is 9.59 Å². The highest BCUT2D eigenvalue weighted by atomic mass is 16.4. The highest BCUT2D eigenvalue weighted by molar-refractivity contribution is 6.00. The van der Waals surface area contributed by atoms with Crippen LogP contribution in [0.15, 0.2) is 140 Å². The standard InChI is InChI=1S/C48H35N5O3/c54-43(28-29-44(55)56)49-34-18-16-33(17-19-34)48-41-26-24-39(52-41)46(31-12-6-2-7-13-31)37-22-20-35(50-37)45(30-10-4-1-5-11-30)36-21-23-38(51-36)47(32-14-8-3-9-15-32)40-25-27-42(48)53-40/h1-27,50,53H,28-29H2,(H,49,54)(H,55,56). The molecule has 0 spiro atoms. The van der Waals surface area contributed by atoms with E-state index in [0.29, 0.717) is 5.69 Å². The number of hydrogen-bond acceptors (Lipinski definition) is 4. The molecule has 4 aromatic carbocycles. The van der Waals surface area contributed by atoms with Crippen LogP contribution in [0.1, 0.15) is 35.6 Å². The number of carbonyl (C=O) groups excluding carboxylic acids is 1. The molecule has 0 radical (unpaired) electrons. The summed E-state index contributed by atoms with van der Waals surface area (Å²) < 4.78 is 0. The molecule has 4 N–H and O–H groups in total. The van der Waals surface area contributed by atoms with E-state index in [1.807, 2.05) is 84.9 Å². The predicted octanol–water partition coefficient (Wildman–Crippen LogP) is 11.1. The molecular formula is C48H35N5O3. The number of nitrogens with zero attached hydrogens (tertiary/aromatic N) is 2. The van der Waals surface area contributed by atoms with Crippen molar-refractivity contribution < 1.29 is 14.7 Å². The Morgan fingerprint density at radius 2 is 0.786 bits per heavy atom. The van der Waals surface area contributed by atoms with Gasteiger partial charge in [0, 0.05) is 56.4 Å². The van der Waals surface area contributed by atoms with Crippen LogP contribution in [0.5, 0.6) is 0 Å². The minimum atomic E-state index is -1.01. The quantitative estimate of drug-likeness (QED) is 0.124. The molecule has 0 saturated carbocycles. The molecule has 270 valence electrons. The first-order valence-corrected chi connectivity index (χ1v) is 18.4. The van der Waals surface area contributed by atoms with Gasteiger partial charge in [0.05, 0.1) is 29.2 Å². The molecule has 2 aliphatic rings. The van der Waals surface area contributed by atoms with Crippen molar-refractivity contribution >= 4 is 63.9 Å². The maximum Gasteiger partial charge on any atom is 0.303 e. The second-order valence-electron chi connectivity index (χ2n) is 13.6. The number of carboxylic acids is 1. The summed E-state index contributed by atoms with van der Waals surface area (Å²) in [5.74, 6) is -1.37. The van der Waals surface area contributed by atoms with Gasteiger partial charge in [-0.05, 0) is 83.0 Å². The van der Waals surface area contributed by atoms with Crippen molar-refractivity contribution in [3.8, 4) is 44.5 Å². The van der Waals surface area contributed by atoms with Crippen LogP contribution in [0.4, 0.5) is 5.69 Å². The number of amides is 1. The van der Waals surface area contributed by atoms with Gasteiger partial charge in [0.15, 0.2) is 0 Å². The van der Waals surface area contributed by atoms with E-state index >= 15 is 0 Å². The van der Waals surface area contributed by atoms with Crippen molar-refractivity contribution in [3.05, 3.63) is 162 Å². The largest absolute Gasteiger partial charge is 0.481 e.